The molecule has 0 fully saturated rings. The maximum absolute atomic E-state index is 12.7. The van der Waals surface area contributed by atoms with Gasteiger partial charge in [-0.3, -0.25) is 14.4 Å². The smallest absolute Gasteiger partial charge is 0.248 e. The molecular formula is C25H33NO3. The Hall–Kier alpha value is -2.49. The van der Waals surface area contributed by atoms with Crippen LogP contribution in [0.2, 0.25) is 0 Å². The lowest BCUT2D eigenvalue weighted by Gasteiger charge is -2.18. The van der Waals surface area contributed by atoms with Gasteiger partial charge < -0.3 is 5.32 Å². The van der Waals surface area contributed by atoms with Gasteiger partial charge in [-0.2, -0.15) is 0 Å². The van der Waals surface area contributed by atoms with E-state index in [9.17, 15) is 14.4 Å². The van der Waals surface area contributed by atoms with Crippen molar-refractivity contribution in [2.75, 3.05) is 0 Å². The molecule has 1 N–H and O–H groups in total. The van der Waals surface area contributed by atoms with Gasteiger partial charge in [0.05, 0.1) is 5.70 Å². The molecule has 2 unspecified atom stereocenters. The highest BCUT2D eigenvalue weighted by atomic mass is 16.2. The van der Waals surface area contributed by atoms with E-state index in [4.69, 9.17) is 0 Å². The van der Waals surface area contributed by atoms with E-state index in [-0.39, 0.29) is 17.3 Å². The van der Waals surface area contributed by atoms with Crippen LogP contribution in [0.4, 0.5) is 0 Å². The third-order valence-corrected chi connectivity index (χ3v) is 5.34. The number of allylic oxidation sites excluding steroid dienone is 8. The first-order valence-electron chi connectivity index (χ1n) is 10.6. The second-order valence-corrected chi connectivity index (χ2v) is 8.51. The van der Waals surface area contributed by atoms with Gasteiger partial charge in [0.25, 0.3) is 0 Å². The van der Waals surface area contributed by atoms with Crippen molar-refractivity contribution in [1.29, 1.82) is 0 Å². The van der Waals surface area contributed by atoms with Gasteiger partial charge in [0.15, 0.2) is 5.78 Å². The Morgan fingerprint density at radius 3 is 2.52 bits per heavy atom. The largest absolute Gasteiger partial charge is 0.319 e. The molecule has 2 aliphatic rings. The van der Waals surface area contributed by atoms with Crippen molar-refractivity contribution in [3.8, 4) is 0 Å². The fourth-order valence-corrected chi connectivity index (χ4v) is 3.83. The van der Waals surface area contributed by atoms with Crippen LogP contribution in [0.5, 0.6) is 0 Å². The van der Waals surface area contributed by atoms with Crippen LogP contribution in [0.15, 0.2) is 58.9 Å². The van der Waals surface area contributed by atoms with Crippen LogP contribution in [0.1, 0.15) is 66.2 Å². The van der Waals surface area contributed by atoms with E-state index >= 15 is 0 Å². The van der Waals surface area contributed by atoms with Crippen LogP contribution in [0.3, 0.4) is 0 Å². The molecule has 1 aliphatic carbocycles. The first kappa shape index (κ1) is 22.8. The van der Waals surface area contributed by atoms with Gasteiger partial charge in [0, 0.05) is 17.7 Å². The second-order valence-electron chi connectivity index (χ2n) is 8.51. The SMILES string of the molecule is CC1=CC(=O)NC2=CC(=O)C=C(CC(C)CCCC(C)C=C(C)CCC=C1)C2=O. The van der Waals surface area contributed by atoms with E-state index in [1.165, 1.54) is 23.8 Å². The van der Waals surface area contributed by atoms with Crippen LogP contribution in [0, 0.1) is 11.8 Å². The predicted molar refractivity (Wildman–Crippen MR) is 117 cm³/mol. The molecule has 4 heteroatoms. The van der Waals surface area contributed by atoms with Crippen molar-refractivity contribution in [2.24, 2.45) is 11.8 Å². The molecule has 0 saturated heterocycles. The quantitative estimate of drug-likeness (QED) is 0.456. The molecule has 1 amide bonds. The summed E-state index contributed by atoms with van der Waals surface area (Å²) in [7, 11) is 0. The lowest BCUT2D eigenvalue weighted by molar-refractivity contribution is -0.119. The molecule has 0 aromatic heterocycles. The summed E-state index contributed by atoms with van der Waals surface area (Å²) >= 11 is 0. The van der Waals surface area contributed by atoms with E-state index in [0.717, 1.165) is 37.7 Å². The van der Waals surface area contributed by atoms with Crippen molar-refractivity contribution in [3.63, 3.8) is 0 Å². The number of rotatable bonds is 0. The number of nitrogens with one attached hydrogen (secondary N) is 1. The number of carbonyl (C=O) groups excluding carboxylic acids is 3. The molecule has 0 aromatic rings. The molecular weight excluding hydrogens is 362 g/mol. The Labute approximate surface area is 174 Å². The molecule has 4 nitrogen and oxygen atoms in total. The number of amides is 1. The predicted octanol–water partition coefficient (Wildman–Crippen LogP) is 5.14. The van der Waals surface area contributed by atoms with Crippen molar-refractivity contribution in [1.82, 2.24) is 5.32 Å². The molecule has 0 radical (unpaired) electrons. The molecule has 1 heterocycles. The van der Waals surface area contributed by atoms with Gasteiger partial charge in [0.1, 0.15) is 0 Å². The Bertz CT molecular complexity index is 808. The maximum Gasteiger partial charge on any atom is 0.248 e. The Kier molecular flexibility index (Phi) is 8.56. The number of carbonyl (C=O) groups is 3. The van der Waals surface area contributed by atoms with Crippen molar-refractivity contribution < 1.29 is 14.4 Å². The summed E-state index contributed by atoms with van der Waals surface area (Å²) in [6.07, 6.45) is 16.1. The Morgan fingerprint density at radius 1 is 1.00 bits per heavy atom. The van der Waals surface area contributed by atoms with Gasteiger partial charge in [-0.25, -0.2) is 0 Å². The monoisotopic (exact) mass is 395 g/mol. The molecule has 0 saturated carbocycles. The van der Waals surface area contributed by atoms with E-state index in [2.05, 4.69) is 38.2 Å². The molecule has 2 atom stereocenters. The number of hydrogen-bond donors (Lipinski definition) is 1. The summed E-state index contributed by atoms with van der Waals surface area (Å²) in [5, 5.41) is 2.59. The van der Waals surface area contributed by atoms with Gasteiger partial charge in [-0.05, 0) is 63.0 Å². The minimum Gasteiger partial charge on any atom is -0.319 e. The van der Waals surface area contributed by atoms with E-state index in [1.807, 2.05) is 13.0 Å². The van der Waals surface area contributed by atoms with E-state index < -0.39 is 5.91 Å². The summed E-state index contributed by atoms with van der Waals surface area (Å²) < 4.78 is 0. The summed E-state index contributed by atoms with van der Waals surface area (Å²) in [5.41, 5.74) is 2.75. The number of fused-ring (bicyclic) bond motifs is 2. The zero-order valence-electron chi connectivity index (χ0n) is 18.1. The summed E-state index contributed by atoms with van der Waals surface area (Å²) in [4.78, 5) is 37.1. The highest BCUT2D eigenvalue weighted by Gasteiger charge is 2.24. The fourth-order valence-electron chi connectivity index (χ4n) is 3.83. The van der Waals surface area contributed by atoms with Crippen LogP contribution in [-0.4, -0.2) is 17.5 Å². The summed E-state index contributed by atoms with van der Waals surface area (Å²) in [5.74, 6) is -0.0576. The normalized spacial score (nSPS) is 25.6. The van der Waals surface area contributed by atoms with Crippen molar-refractivity contribution in [2.45, 2.75) is 66.2 Å². The Balaban J connectivity index is 2.21. The second kappa shape index (κ2) is 10.9. The molecule has 156 valence electrons. The summed E-state index contributed by atoms with van der Waals surface area (Å²) in [6, 6.07) is 0. The lowest BCUT2D eigenvalue weighted by Crippen LogP contribution is -2.30. The van der Waals surface area contributed by atoms with Crippen molar-refractivity contribution in [3.05, 3.63) is 58.9 Å². The molecule has 0 spiro atoms. The Morgan fingerprint density at radius 2 is 1.76 bits per heavy atom. The van der Waals surface area contributed by atoms with Gasteiger partial charge in [-0.15, -0.1) is 0 Å². The van der Waals surface area contributed by atoms with Gasteiger partial charge in [0.2, 0.25) is 11.7 Å². The lowest BCUT2D eigenvalue weighted by atomic mass is 9.88. The zero-order chi connectivity index (χ0) is 21.4. The van der Waals surface area contributed by atoms with Crippen LogP contribution in [0.25, 0.3) is 0 Å². The van der Waals surface area contributed by atoms with Crippen LogP contribution < -0.4 is 5.32 Å². The summed E-state index contributed by atoms with van der Waals surface area (Å²) in [6.45, 7) is 8.38. The molecule has 29 heavy (non-hydrogen) atoms. The highest BCUT2D eigenvalue weighted by molar-refractivity contribution is 6.21. The number of ketones is 2. The van der Waals surface area contributed by atoms with Gasteiger partial charge >= 0.3 is 0 Å². The third-order valence-electron chi connectivity index (χ3n) is 5.34. The number of hydrogen-bond acceptors (Lipinski definition) is 3. The number of Topliss-reactive ketones (excluding diaryl/α,β-unsaturated/α-hetero) is 1. The van der Waals surface area contributed by atoms with Crippen LogP contribution >= 0.6 is 0 Å². The molecule has 1 aliphatic heterocycles. The van der Waals surface area contributed by atoms with Crippen molar-refractivity contribution >= 4 is 17.5 Å². The fraction of sp³-hybridized carbons (Fsp3) is 0.480. The molecule has 0 aromatic carbocycles. The van der Waals surface area contributed by atoms with Gasteiger partial charge in [-0.1, -0.05) is 50.5 Å². The minimum atomic E-state index is -0.392. The minimum absolute atomic E-state index is 0.0732. The standard InChI is InChI=1S/C25H33NO3/c1-17-8-5-6-9-20(4)14-24(28)26-23-16-22(27)15-21(25(23)29)13-19(3)11-7-10-18(2)12-17/h6,9,12,14-16,18-19H,5,7-8,10-11,13H2,1-4H3,(H,26,28). The first-order chi connectivity index (χ1) is 13.7. The molecule has 2 bridgehead atoms. The van der Waals surface area contributed by atoms with E-state index in [0.29, 0.717) is 23.8 Å². The van der Waals surface area contributed by atoms with Crippen LogP contribution in [-0.2, 0) is 14.4 Å². The topological polar surface area (TPSA) is 63.2 Å². The zero-order valence-corrected chi connectivity index (χ0v) is 18.1. The highest BCUT2D eigenvalue weighted by Crippen LogP contribution is 2.24. The third kappa shape index (κ3) is 7.80. The first-order valence-corrected chi connectivity index (χ1v) is 10.6. The average molecular weight is 396 g/mol. The average Bonchev–Trinajstić information content (AvgIpc) is 2.61. The van der Waals surface area contributed by atoms with E-state index in [1.54, 1.807) is 0 Å². The molecule has 2 rings (SSSR count). The maximum atomic E-state index is 12.7.